The fraction of sp³-hybridized carbons (Fsp3) is 0.538. The average Bonchev–Trinajstić information content (AvgIpc) is 2.57. The molecule has 1 atom stereocenters. The zero-order valence-corrected chi connectivity index (χ0v) is 10.7. The van der Waals surface area contributed by atoms with Crippen molar-refractivity contribution in [2.75, 3.05) is 13.1 Å². The second-order valence-electron chi connectivity index (χ2n) is 4.34. The first kappa shape index (κ1) is 15.7. The van der Waals surface area contributed by atoms with E-state index >= 15 is 0 Å². The van der Waals surface area contributed by atoms with Crippen LogP contribution in [0.5, 0.6) is 11.5 Å². The fourth-order valence-electron chi connectivity index (χ4n) is 1.71. The Balaban J connectivity index is 0.000000200. The van der Waals surface area contributed by atoms with Gasteiger partial charge in [-0.05, 0) is 31.5 Å². The molecular formula is C13H20F2N2O2. The Labute approximate surface area is 111 Å². The van der Waals surface area contributed by atoms with E-state index in [4.69, 9.17) is 10.8 Å². The van der Waals surface area contributed by atoms with E-state index in [9.17, 15) is 8.78 Å². The molecule has 6 heteroatoms. The van der Waals surface area contributed by atoms with Crippen LogP contribution in [0.4, 0.5) is 8.78 Å². The number of nitrogens with one attached hydrogen (secondary N) is 1. The molecule has 0 aromatic heterocycles. The minimum atomic E-state index is -2.85. The van der Waals surface area contributed by atoms with Crippen LogP contribution in [-0.4, -0.2) is 30.8 Å². The maximum atomic E-state index is 11.5. The molecule has 0 saturated carbocycles. The van der Waals surface area contributed by atoms with Crippen molar-refractivity contribution in [1.82, 2.24) is 5.32 Å². The van der Waals surface area contributed by atoms with E-state index in [2.05, 4.69) is 10.1 Å². The maximum absolute atomic E-state index is 11.5. The van der Waals surface area contributed by atoms with Gasteiger partial charge in [0, 0.05) is 18.7 Å². The van der Waals surface area contributed by atoms with Crippen LogP contribution in [0.15, 0.2) is 24.3 Å². The van der Waals surface area contributed by atoms with E-state index in [1.165, 1.54) is 37.5 Å². The standard InChI is InChI=1S/C7H6F2O2.C6H14N2/c8-7(9)11-6-3-1-2-5(10)4-6;7-6-3-1-2-4-8-5-6/h1-4,7,10H;6,8H,1-5,7H2. The van der Waals surface area contributed by atoms with Crippen LogP contribution in [0.25, 0.3) is 0 Å². The van der Waals surface area contributed by atoms with Crippen molar-refractivity contribution in [3.05, 3.63) is 24.3 Å². The monoisotopic (exact) mass is 274 g/mol. The van der Waals surface area contributed by atoms with Crippen LogP contribution in [0.2, 0.25) is 0 Å². The normalized spacial score (nSPS) is 19.3. The van der Waals surface area contributed by atoms with Crippen LogP contribution in [0, 0.1) is 0 Å². The molecule has 1 aromatic rings. The molecule has 1 saturated heterocycles. The molecule has 0 radical (unpaired) electrons. The Morgan fingerprint density at radius 2 is 2.16 bits per heavy atom. The van der Waals surface area contributed by atoms with Gasteiger partial charge in [-0.25, -0.2) is 0 Å². The minimum Gasteiger partial charge on any atom is -0.508 e. The number of phenols is 1. The van der Waals surface area contributed by atoms with Crippen LogP contribution in [0.3, 0.4) is 0 Å². The highest BCUT2D eigenvalue weighted by Crippen LogP contribution is 2.19. The summed E-state index contributed by atoms with van der Waals surface area (Å²) >= 11 is 0. The summed E-state index contributed by atoms with van der Waals surface area (Å²) in [5, 5.41) is 12.1. The summed E-state index contributed by atoms with van der Waals surface area (Å²) in [6.07, 6.45) is 3.80. The van der Waals surface area contributed by atoms with Crippen molar-refractivity contribution in [2.24, 2.45) is 5.73 Å². The first-order valence-electron chi connectivity index (χ1n) is 6.28. The molecule has 19 heavy (non-hydrogen) atoms. The summed E-state index contributed by atoms with van der Waals surface area (Å²) in [5.74, 6) is -0.136. The third-order valence-corrected chi connectivity index (χ3v) is 2.63. The van der Waals surface area contributed by atoms with Gasteiger partial charge in [0.2, 0.25) is 0 Å². The topological polar surface area (TPSA) is 67.5 Å². The zero-order valence-electron chi connectivity index (χ0n) is 10.7. The zero-order chi connectivity index (χ0) is 14.1. The van der Waals surface area contributed by atoms with Gasteiger partial charge < -0.3 is 20.9 Å². The molecule has 1 aromatic carbocycles. The van der Waals surface area contributed by atoms with E-state index in [1.54, 1.807) is 0 Å². The highest BCUT2D eigenvalue weighted by atomic mass is 19.3. The van der Waals surface area contributed by atoms with Gasteiger partial charge in [0.15, 0.2) is 0 Å². The van der Waals surface area contributed by atoms with Crippen molar-refractivity contribution in [1.29, 1.82) is 0 Å². The van der Waals surface area contributed by atoms with Crippen molar-refractivity contribution < 1.29 is 18.6 Å². The van der Waals surface area contributed by atoms with Gasteiger partial charge >= 0.3 is 6.61 Å². The molecule has 2 rings (SSSR count). The number of rotatable bonds is 2. The number of hydrogen-bond acceptors (Lipinski definition) is 4. The van der Waals surface area contributed by atoms with Crippen LogP contribution < -0.4 is 15.8 Å². The van der Waals surface area contributed by atoms with Crippen molar-refractivity contribution in [2.45, 2.75) is 31.9 Å². The Morgan fingerprint density at radius 1 is 1.37 bits per heavy atom. The fourth-order valence-corrected chi connectivity index (χ4v) is 1.71. The van der Waals surface area contributed by atoms with E-state index in [0.717, 1.165) is 19.2 Å². The molecule has 0 amide bonds. The number of phenolic OH excluding ortho intramolecular Hbond substituents is 1. The Hall–Kier alpha value is -1.40. The first-order valence-corrected chi connectivity index (χ1v) is 6.28. The summed E-state index contributed by atoms with van der Waals surface area (Å²) in [6.45, 7) is -0.676. The average molecular weight is 274 g/mol. The smallest absolute Gasteiger partial charge is 0.387 e. The third-order valence-electron chi connectivity index (χ3n) is 2.63. The van der Waals surface area contributed by atoms with E-state index in [-0.39, 0.29) is 11.5 Å². The molecule has 0 spiro atoms. The molecule has 1 aliphatic heterocycles. The van der Waals surface area contributed by atoms with Gasteiger partial charge in [-0.2, -0.15) is 8.78 Å². The quantitative estimate of drug-likeness (QED) is 0.772. The summed E-state index contributed by atoms with van der Waals surface area (Å²) in [7, 11) is 0. The van der Waals surface area contributed by atoms with Crippen LogP contribution in [-0.2, 0) is 0 Å². The molecular weight excluding hydrogens is 254 g/mol. The Kier molecular flexibility index (Phi) is 7.14. The Morgan fingerprint density at radius 3 is 2.84 bits per heavy atom. The van der Waals surface area contributed by atoms with Gasteiger partial charge in [0.25, 0.3) is 0 Å². The molecule has 0 aliphatic carbocycles. The van der Waals surface area contributed by atoms with E-state index in [0.29, 0.717) is 6.04 Å². The highest BCUT2D eigenvalue weighted by Gasteiger charge is 2.04. The number of aromatic hydroxyl groups is 1. The summed E-state index contributed by atoms with van der Waals surface area (Å²) in [6, 6.07) is 5.67. The number of ether oxygens (including phenoxy) is 1. The summed E-state index contributed by atoms with van der Waals surface area (Å²) in [4.78, 5) is 0. The SMILES string of the molecule is NC1CCCCNC1.Oc1cccc(OC(F)F)c1. The highest BCUT2D eigenvalue weighted by molar-refractivity contribution is 5.31. The minimum absolute atomic E-state index is 0.0417. The predicted octanol–water partition coefficient (Wildman–Crippen LogP) is 2.08. The Bertz CT molecular complexity index is 356. The van der Waals surface area contributed by atoms with Gasteiger partial charge in [-0.15, -0.1) is 0 Å². The summed E-state index contributed by atoms with van der Waals surface area (Å²) in [5.41, 5.74) is 5.67. The lowest BCUT2D eigenvalue weighted by molar-refractivity contribution is -0.0499. The molecule has 1 unspecified atom stereocenters. The lowest BCUT2D eigenvalue weighted by Crippen LogP contribution is -2.31. The summed E-state index contributed by atoms with van der Waals surface area (Å²) < 4.78 is 27.1. The third kappa shape index (κ3) is 7.58. The maximum Gasteiger partial charge on any atom is 0.387 e. The lowest BCUT2D eigenvalue weighted by atomic mass is 10.2. The molecule has 1 fully saturated rings. The van der Waals surface area contributed by atoms with Crippen molar-refractivity contribution in [3.8, 4) is 11.5 Å². The van der Waals surface area contributed by atoms with E-state index in [1.807, 2.05) is 0 Å². The van der Waals surface area contributed by atoms with E-state index < -0.39 is 6.61 Å². The molecule has 1 heterocycles. The predicted molar refractivity (Wildman–Crippen MR) is 69.4 cm³/mol. The largest absolute Gasteiger partial charge is 0.508 e. The number of benzene rings is 1. The van der Waals surface area contributed by atoms with Crippen LogP contribution >= 0.6 is 0 Å². The van der Waals surface area contributed by atoms with Gasteiger partial charge in [0.1, 0.15) is 11.5 Å². The lowest BCUT2D eigenvalue weighted by Gasteiger charge is -2.04. The molecule has 0 bridgehead atoms. The number of nitrogens with two attached hydrogens (primary N) is 1. The molecule has 1 aliphatic rings. The molecule has 4 N–H and O–H groups in total. The number of alkyl halides is 2. The number of halogens is 2. The molecule has 108 valence electrons. The second-order valence-corrected chi connectivity index (χ2v) is 4.34. The number of hydrogen-bond donors (Lipinski definition) is 3. The first-order chi connectivity index (χ1) is 9.08. The van der Waals surface area contributed by atoms with Gasteiger partial charge in [-0.3, -0.25) is 0 Å². The van der Waals surface area contributed by atoms with Crippen molar-refractivity contribution >= 4 is 0 Å². The van der Waals surface area contributed by atoms with Crippen LogP contribution in [0.1, 0.15) is 19.3 Å². The molecule has 4 nitrogen and oxygen atoms in total. The second kappa shape index (κ2) is 8.66. The van der Waals surface area contributed by atoms with Gasteiger partial charge in [0.05, 0.1) is 0 Å². The van der Waals surface area contributed by atoms with Gasteiger partial charge in [-0.1, -0.05) is 12.5 Å². The van der Waals surface area contributed by atoms with Crippen molar-refractivity contribution in [3.63, 3.8) is 0 Å².